The van der Waals surface area contributed by atoms with Gasteiger partial charge in [-0.15, -0.1) is 0 Å². The van der Waals surface area contributed by atoms with Crippen molar-refractivity contribution in [1.29, 1.82) is 0 Å². The Morgan fingerprint density at radius 3 is 2.32 bits per heavy atom. The maximum absolute atomic E-state index is 12.8. The molecule has 0 aliphatic carbocycles. The highest BCUT2D eigenvalue weighted by molar-refractivity contribution is 5.98. The van der Waals surface area contributed by atoms with Crippen LogP contribution in [0.15, 0.2) is 24.3 Å². The van der Waals surface area contributed by atoms with E-state index in [-0.39, 0.29) is 6.42 Å². The quantitative estimate of drug-likeness (QED) is 0.731. The number of nitrogens with two attached hydrogens (primary N) is 1. The zero-order valence-corrected chi connectivity index (χ0v) is 11.2. The molecule has 0 heterocycles. The summed E-state index contributed by atoms with van der Waals surface area (Å²) >= 11 is 0. The van der Waals surface area contributed by atoms with Gasteiger partial charge in [-0.2, -0.15) is 13.2 Å². The number of alkyl halides is 3. The summed E-state index contributed by atoms with van der Waals surface area (Å²) in [6.45, 7) is 0. The Balaban J connectivity index is 2.96. The molecular formula is C13H13F3N2O4. The molecule has 120 valence electrons. The lowest BCUT2D eigenvalue weighted by Gasteiger charge is -2.17. The van der Waals surface area contributed by atoms with Crippen LogP contribution in [-0.4, -0.2) is 28.9 Å². The molecule has 0 radical (unpaired) electrons. The third-order valence-electron chi connectivity index (χ3n) is 2.77. The van der Waals surface area contributed by atoms with Crippen molar-refractivity contribution in [3.8, 4) is 0 Å². The highest BCUT2D eigenvalue weighted by Gasteiger charge is 2.35. The first-order chi connectivity index (χ1) is 10.1. The molecule has 0 fully saturated rings. The highest BCUT2D eigenvalue weighted by atomic mass is 19.4. The third-order valence-corrected chi connectivity index (χ3v) is 2.77. The fraction of sp³-hybridized carbons (Fsp3) is 0.308. The van der Waals surface area contributed by atoms with E-state index in [2.05, 4.69) is 0 Å². The number of carboxylic acids is 1. The number of carboxylic acid groups (broad SMARTS) is 1. The highest BCUT2D eigenvalue weighted by Crippen LogP contribution is 2.31. The number of aliphatic carboxylic acids is 1. The number of carbonyl (C=O) groups excluding carboxylic acids is 2. The number of rotatable bonds is 6. The van der Waals surface area contributed by atoms with E-state index in [0.717, 1.165) is 18.2 Å². The second kappa shape index (κ2) is 6.92. The molecule has 22 heavy (non-hydrogen) atoms. The lowest BCUT2D eigenvalue weighted by molar-refractivity contribution is -0.138. The van der Waals surface area contributed by atoms with E-state index in [0.29, 0.717) is 0 Å². The number of primary amides is 1. The molecule has 9 heteroatoms. The van der Waals surface area contributed by atoms with Crippen molar-refractivity contribution >= 4 is 17.8 Å². The standard InChI is InChI=1S/C13H13F3N2O4/c14-13(15,16)8-4-2-1-3-7(8)12(22)18-9(11(17)21)5-6-10(19)20/h1-4,9H,5-6H2,(H2,17,21)(H,18,22)(H,19,20)/t9-/m0/s1. The van der Waals surface area contributed by atoms with Gasteiger partial charge >= 0.3 is 12.1 Å². The van der Waals surface area contributed by atoms with Gasteiger partial charge in [-0.3, -0.25) is 14.4 Å². The SMILES string of the molecule is NC(=O)[C@H](CCC(=O)O)NC(=O)c1ccccc1C(F)(F)F. The van der Waals surface area contributed by atoms with E-state index in [1.165, 1.54) is 6.07 Å². The molecule has 0 unspecified atom stereocenters. The van der Waals surface area contributed by atoms with Crippen LogP contribution in [0.4, 0.5) is 13.2 Å². The molecule has 2 amide bonds. The number of hydrogen-bond acceptors (Lipinski definition) is 3. The lowest BCUT2D eigenvalue weighted by Crippen LogP contribution is -2.45. The second-order valence-electron chi connectivity index (χ2n) is 4.40. The Kier molecular flexibility index (Phi) is 5.50. The van der Waals surface area contributed by atoms with Gasteiger partial charge < -0.3 is 16.2 Å². The number of carbonyl (C=O) groups is 3. The van der Waals surface area contributed by atoms with E-state index in [1.54, 1.807) is 0 Å². The van der Waals surface area contributed by atoms with E-state index >= 15 is 0 Å². The molecule has 1 atom stereocenters. The minimum Gasteiger partial charge on any atom is -0.481 e. The van der Waals surface area contributed by atoms with Gasteiger partial charge in [0.1, 0.15) is 6.04 Å². The molecule has 0 saturated heterocycles. The maximum Gasteiger partial charge on any atom is 0.417 e. The normalized spacial score (nSPS) is 12.5. The van der Waals surface area contributed by atoms with E-state index in [9.17, 15) is 27.6 Å². The molecule has 6 nitrogen and oxygen atoms in total. The molecule has 0 aromatic heterocycles. The second-order valence-corrected chi connectivity index (χ2v) is 4.40. The average molecular weight is 318 g/mol. The largest absolute Gasteiger partial charge is 0.481 e. The van der Waals surface area contributed by atoms with Gasteiger partial charge in [0.15, 0.2) is 0 Å². The van der Waals surface area contributed by atoms with Crippen molar-refractivity contribution < 1.29 is 32.7 Å². The van der Waals surface area contributed by atoms with Crippen LogP contribution < -0.4 is 11.1 Å². The summed E-state index contributed by atoms with van der Waals surface area (Å²) < 4.78 is 38.4. The Bertz CT molecular complexity index is 587. The first-order valence-corrected chi connectivity index (χ1v) is 6.11. The minimum absolute atomic E-state index is 0.315. The van der Waals surface area contributed by atoms with Gasteiger partial charge in [0.05, 0.1) is 11.1 Å². The summed E-state index contributed by atoms with van der Waals surface area (Å²) in [4.78, 5) is 33.5. The van der Waals surface area contributed by atoms with Gasteiger partial charge in [-0.05, 0) is 18.6 Å². The number of amides is 2. The van der Waals surface area contributed by atoms with Crippen molar-refractivity contribution in [3.05, 3.63) is 35.4 Å². The Hall–Kier alpha value is -2.58. The first-order valence-electron chi connectivity index (χ1n) is 6.11. The molecule has 0 aliphatic heterocycles. The fourth-order valence-corrected chi connectivity index (χ4v) is 1.72. The minimum atomic E-state index is -4.74. The van der Waals surface area contributed by atoms with Crippen molar-refractivity contribution in [2.24, 2.45) is 5.73 Å². The van der Waals surface area contributed by atoms with Crippen molar-refractivity contribution in [2.45, 2.75) is 25.1 Å². The summed E-state index contributed by atoms with van der Waals surface area (Å²) in [5.74, 6) is -3.41. The zero-order valence-electron chi connectivity index (χ0n) is 11.2. The molecule has 0 saturated carbocycles. The first kappa shape index (κ1) is 17.5. The summed E-state index contributed by atoms with van der Waals surface area (Å²) in [7, 11) is 0. The van der Waals surface area contributed by atoms with Crippen molar-refractivity contribution in [3.63, 3.8) is 0 Å². The Labute approximate surface area is 123 Å². The summed E-state index contributed by atoms with van der Waals surface area (Å²) in [5, 5.41) is 10.6. The van der Waals surface area contributed by atoms with Crippen molar-refractivity contribution in [1.82, 2.24) is 5.32 Å². The number of benzene rings is 1. The van der Waals surface area contributed by atoms with Crippen LogP contribution in [0.5, 0.6) is 0 Å². The topological polar surface area (TPSA) is 109 Å². The summed E-state index contributed by atoms with van der Waals surface area (Å²) in [6.07, 6.45) is -5.52. The summed E-state index contributed by atoms with van der Waals surface area (Å²) in [6, 6.07) is 2.67. The van der Waals surface area contributed by atoms with Gasteiger partial charge in [0.25, 0.3) is 5.91 Å². The van der Waals surface area contributed by atoms with Gasteiger partial charge in [0, 0.05) is 6.42 Å². The predicted octanol–water partition coefficient (Wildman–Crippen LogP) is 1.15. The maximum atomic E-state index is 12.8. The van der Waals surface area contributed by atoms with Crippen molar-refractivity contribution in [2.75, 3.05) is 0 Å². The van der Waals surface area contributed by atoms with Crippen LogP contribution in [0.25, 0.3) is 0 Å². The molecule has 0 aliphatic rings. The lowest BCUT2D eigenvalue weighted by atomic mass is 10.0. The van der Waals surface area contributed by atoms with Gasteiger partial charge in [0.2, 0.25) is 5.91 Å². The Morgan fingerprint density at radius 2 is 1.82 bits per heavy atom. The van der Waals surface area contributed by atoms with Crippen LogP contribution in [0.3, 0.4) is 0 Å². The van der Waals surface area contributed by atoms with Gasteiger partial charge in [-0.25, -0.2) is 0 Å². The molecular weight excluding hydrogens is 305 g/mol. The van der Waals surface area contributed by atoms with E-state index < -0.39 is 47.5 Å². The molecule has 0 bridgehead atoms. The smallest absolute Gasteiger partial charge is 0.417 e. The predicted molar refractivity (Wildman–Crippen MR) is 68.8 cm³/mol. The molecule has 1 aromatic rings. The van der Waals surface area contributed by atoms with E-state index in [1.807, 2.05) is 5.32 Å². The molecule has 1 rings (SSSR count). The fourth-order valence-electron chi connectivity index (χ4n) is 1.72. The number of nitrogens with one attached hydrogen (secondary N) is 1. The molecule has 0 spiro atoms. The van der Waals surface area contributed by atoms with Crippen LogP contribution >= 0.6 is 0 Å². The van der Waals surface area contributed by atoms with Crippen LogP contribution in [-0.2, 0) is 15.8 Å². The van der Waals surface area contributed by atoms with Crippen LogP contribution in [0.1, 0.15) is 28.8 Å². The van der Waals surface area contributed by atoms with Gasteiger partial charge in [-0.1, -0.05) is 12.1 Å². The number of halogens is 3. The van der Waals surface area contributed by atoms with Crippen LogP contribution in [0, 0.1) is 0 Å². The number of hydrogen-bond donors (Lipinski definition) is 3. The van der Waals surface area contributed by atoms with Crippen LogP contribution in [0.2, 0.25) is 0 Å². The molecule has 1 aromatic carbocycles. The van der Waals surface area contributed by atoms with E-state index in [4.69, 9.17) is 10.8 Å². The summed E-state index contributed by atoms with van der Waals surface area (Å²) in [5.41, 5.74) is 3.18. The monoisotopic (exact) mass is 318 g/mol. The zero-order chi connectivity index (χ0) is 16.9. The third kappa shape index (κ3) is 4.76. The Morgan fingerprint density at radius 1 is 1.23 bits per heavy atom. The average Bonchev–Trinajstić information content (AvgIpc) is 2.41. The molecule has 4 N–H and O–H groups in total.